The smallest absolute Gasteiger partial charge is 0.342 e. The van der Waals surface area contributed by atoms with Gasteiger partial charge in [-0.25, -0.2) is 9.78 Å². The summed E-state index contributed by atoms with van der Waals surface area (Å²) in [6.07, 6.45) is 1.16. The molecule has 8 heteroatoms. The molecule has 1 N–H and O–H groups in total. The zero-order chi connectivity index (χ0) is 18.8. The molecule has 0 amide bonds. The Kier molecular flexibility index (Phi) is 5.11. The normalized spacial score (nSPS) is 17.6. The van der Waals surface area contributed by atoms with Crippen LogP contribution >= 0.6 is 11.8 Å². The van der Waals surface area contributed by atoms with Crippen molar-refractivity contribution in [1.29, 1.82) is 0 Å². The Balaban J connectivity index is 1.75. The minimum atomic E-state index is -1.25. The van der Waals surface area contributed by atoms with Gasteiger partial charge < -0.3 is 9.84 Å². The van der Waals surface area contributed by atoms with Crippen LogP contribution in [0, 0.1) is 0 Å². The van der Waals surface area contributed by atoms with E-state index < -0.39 is 11.5 Å². The summed E-state index contributed by atoms with van der Waals surface area (Å²) in [6.45, 7) is 4.24. The third-order valence-corrected chi connectivity index (χ3v) is 5.83. The highest BCUT2D eigenvalue weighted by Gasteiger charge is 2.26. The lowest BCUT2D eigenvalue weighted by atomic mass is 10.0. The maximum atomic E-state index is 12.6. The van der Waals surface area contributed by atoms with Crippen LogP contribution in [-0.4, -0.2) is 58.4 Å². The number of ether oxygens (including phenoxy) is 1. The molecule has 4 rings (SSSR count). The number of hydrogen-bond donors (Lipinski definition) is 1. The van der Waals surface area contributed by atoms with Crippen molar-refractivity contribution in [3.63, 3.8) is 0 Å². The molecule has 2 aliphatic rings. The van der Waals surface area contributed by atoms with Crippen molar-refractivity contribution >= 4 is 23.3 Å². The molecule has 1 fully saturated rings. The SMILES string of the molecule is O=C(O)c1cnc2n(c1=O)CC(c1ccccc1)=C(CN1CCOCC1)S2. The lowest BCUT2D eigenvalue weighted by molar-refractivity contribution is 0.0431. The predicted molar refractivity (Wildman–Crippen MR) is 102 cm³/mol. The first-order chi connectivity index (χ1) is 13.1. The summed E-state index contributed by atoms with van der Waals surface area (Å²) in [5.41, 5.74) is 1.25. The van der Waals surface area contributed by atoms with E-state index in [1.165, 1.54) is 16.3 Å². The minimum Gasteiger partial charge on any atom is -0.477 e. The van der Waals surface area contributed by atoms with Crippen molar-refractivity contribution in [2.45, 2.75) is 11.7 Å². The van der Waals surface area contributed by atoms with Crippen molar-refractivity contribution < 1.29 is 14.6 Å². The standard InChI is InChI=1S/C19H19N3O4S/c23-17-14(18(24)25)10-20-19-22(17)11-15(13-4-2-1-3-5-13)16(27-19)12-21-6-8-26-9-7-21/h1-5,10H,6-9,11-12H2,(H,24,25). The van der Waals surface area contributed by atoms with Gasteiger partial charge in [-0.3, -0.25) is 14.3 Å². The van der Waals surface area contributed by atoms with E-state index in [4.69, 9.17) is 4.74 Å². The Hall–Kier alpha value is -2.42. The van der Waals surface area contributed by atoms with E-state index in [2.05, 4.69) is 9.88 Å². The molecule has 7 nitrogen and oxygen atoms in total. The van der Waals surface area contributed by atoms with Crippen LogP contribution in [0.15, 0.2) is 51.4 Å². The van der Waals surface area contributed by atoms with Crippen molar-refractivity contribution in [3.05, 3.63) is 62.9 Å². The van der Waals surface area contributed by atoms with Gasteiger partial charge in [0.25, 0.3) is 5.56 Å². The first-order valence-corrected chi connectivity index (χ1v) is 9.53. The van der Waals surface area contributed by atoms with Crippen LogP contribution in [0.1, 0.15) is 15.9 Å². The molecule has 1 aromatic heterocycles. The van der Waals surface area contributed by atoms with E-state index in [0.29, 0.717) is 11.7 Å². The largest absolute Gasteiger partial charge is 0.477 e. The lowest BCUT2D eigenvalue weighted by Gasteiger charge is -2.30. The van der Waals surface area contributed by atoms with Crippen LogP contribution in [0.4, 0.5) is 0 Å². The number of carboxylic acids is 1. The molecule has 27 heavy (non-hydrogen) atoms. The van der Waals surface area contributed by atoms with Gasteiger partial charge >= 0.3 is 5.97 Å². The summed E-state index contributed by atoms with van der Waals surface area (Å²) in [5.74, 6) is -1.25. The Labute approximate surface area is 160 Å². The van der Waals surface area contributed by atoms with E-state index in [-0.39, 0.29) is 5.56 Å². The molecule has 0 spiro atoms. The lowest BCUT2D eigenvalue weighted by Crippen LogP contribution is -2.38. The molecule has 0 radical (unpaired) electrons. The van der Waals surface area contributed by atoms with Crippen LogP contribution in [0.25, 0.3) is 5.57 Å². The molecule has 1 aromatic carbocycles. The molecule has 0 atom stereocenters. The molecule has 1 saturated heterocycles. The number of morpholine rings is 1. The number of hydrogen-bond acceptors (Lipinski definition) is 6. The number of allylic oxidation sites excluding steroid dienone is 1. The fourth-order valence-corrected chi connectivity index (χ4v) is 4.38. The quantitative estimate of drug-likeness (QED) is 0.803. The zero-order valence-corrected chi connectivity index (χ0v) is 15.4. The molecular formula is C19H19N3O4S. The molecule has 0 saturated carbocycles. The topological polar surface area (TPSA) is 84.7 Å². The molecule has 2 aromatic rings. The maximum Gasteiger partial charge on any atom is 0.342 e. The second-order valence-electron chi connectivity index (χ2n) is 6.41. The highest BCUT2D eigenvalue weighted by molar-refractivity contribution is 8.03. The first kappa shape index (κ1) is 18.0. The molecule has 140 valence electrons. The Morgan fingerprint density at radius 1 is 1.22 bits per heavy atom. The van der Waals surface area contributed by atoms with Crippen molar-refractivity contribution in [2.24, 2.45) is 0 Å². The average Bonchev–Trinajstić information content (AvgIpc) is 2.69. The van der Waals surface area contributed by atoms with Gasteiger partial charge in [0.15, 0.2) is 5.16 Å². The van der Waals surface area contributed by atoms with Gasteiger partial charge in [0.05, 0.1) is 26.0 Å². The van der Waals surface area contributed by atoms with Crippen LogP contribution < -0.4 is 5.56 Å². The van der Waals surface area contributed by atoms with Crippen LogP contribution in [-0.2, 0) is 11.3 Å². The number of carbonyl (C=O) groups is 1. The van der Waals surface area contributed by atoms with E-state index >= 15 is 0 Å². The molecule has 3 heterocycles. The summed E-state index contributed by atoms with van der Waals surface area (Å²) in [5, 5.41) is 9.76. The van der Waals surface area contributed by atoms with E-state index in [9.17, 15) is 14.7 Å². The number of aromatic nitrogens is 2. The third-order valence-electron chi connectivity index (χ3n) is 4.70. The molecule has 0 aliphatic carbocycles. The number of fused-ring (bicyclic) bond motifs is 1. The predicted octanol–water partition coefficient (Wildman–Crippen LogP) is 1.79. The second-order valence-corrected chi connectivity index (χ2v) is 7.47. The summed E-state index contributed by atoms with van der Waals surface area (Å²) in [7, 11) is 0. The number of rotatable bonds is 4. The highest BCUT2D eigenvalue weighted by atomic mass is 32.2. The number of nitrogens with zero attached hydrogens (tertiary/aromatic N) is 3. The first-order valence-electron chi connectivity index (χ1n) is 8.72. The average molecular weight is 385 g/mol. The second kappa shape index (κ2) is 7.67. The van der Waals surface area contributed by atoms with Crippen LogP contribution in [0.3, 0.4) is 0 Å². The van der Waals surface area contributed by atoms with E-state index in [0.717, 1.165) is 55.1 Å². The summed E-state index contributed by atoms with van der Waals surface area (Å²) >= 11 is 1.44. The van der Waals surface area contributed by atoms with Gasteiger partial charge in [-0.1, -0.05) is 42.1 Å². The van der Waals surface area contributed by atoms with Gasteiger partial charge in [0.2, 0.25) is 0 Å². The monoisotopic (exact) mass is 385 g/mol. The Bertz CT molecular complexity index is 949. The molecule has 2 aliphatic heterocycles. The van der Waals surface area contributed by atoms with Crippen LogP contribution in [0.5, 0.6) is 0 Å². The zero-order valence-electron chi connectivity index (χ0n) is 14.6. The van der Waals surface area contributed by atoms with E-state index in [1.807, 2.05) is 30.3 Å². The summed E-state index contributed by atoms with van der Waals surface area (Å²) < 4.78 is 6.89. The minimum absolute atomic E-state index is 0.302. The fraction of sp³-hybridized carbons (Fsp3) is 0.316. The summed E-state index contributed by atoms with van der Waals surface area (Å²) in [4.78, 5) is 31.6. The van der Waals surface area contributed by atoms with E-state index in [1.54, 1.807) is 0 Å². The number of thioether (sulfide) groups is 1. The molecule has 0 unspecified atom stereocenters. The van der Waals surface area contributed by atoms with Gasteiger partial charge in [0.1, 0.15) is 5.56 Å². The molecule has 0 bridgehead atoms. The van der Waals surface area contributed by atoms with Crippen molar-refractivity contribution in [2.75, 3.05) is 32.8 Å². The highest BCUT2D eigenvalue weighted by Crippen LogP contribution is 2.37. The van der Waals surface area contributed by atoms with Crippen molar-refractivity contribution in [3.8, 4) is 0 Å². The number of benzene rings is 1. The fourth-order valence-electron chi connectivity index (χ4n) is 3.24. The third kappa shape index (κ3) is 3.69. The van der Waals surface area contributed by atoms with Gasteiger partial charge in [0, 0.05) is 24.5 Å². The summed E-state index contributed by atoms with van der Waals surface area (Å²) in [6, 6.07) is 9.90. The maximum absolute atomic E-state index is 12.6. The van der Waals surface area contributed by atoms with Gasteiger partial charge in [-0.15, -0.1) is 0 Å². The number of aromatic carboxylic acids is 1. The Morgan fingerprint density at radius 2 is 1.96 bits per heavy atom. The molecular weight excluding hydrogens is 366 g/mol. The van der Waals surface area contributed by atoms with Gasteiger partial charge in [-0.2, -0.15) is 0 Å². The van der Waals surface area contributed by atoms with Gasteiger partial charge in [-0.05, 0) is 11.1 Å². The Morgan fingerprint density at radius 3 is 2.67 bits per heavy atom. The number of carboxylic acid groups (broad SMARTS) is 1. The van der Waals surface area contributed by atoms with Crippen molar-refractivity contribution in [1.82, 2.24) is 14.5 Å². The van der Waals surface area contributed by atoms with Crippen LogP contribution in [0.2, 0.25) is 0 Å².